The monoisotopic (exact) mass is 425 g/mol. The zero-order valence-corrected chi connectivity index (χ0v) is 17.0. The summed E-state index contributed by atoms with van der Waals surface area (Å²) in [7, 11) is 0. The molecule has 2 aliphatic heterocycles. The lowest BCUT2D eigenvalue weighted by atomic mass is 10.0. The second kappa shape index (κ2) is 7.65. The number of carbonyl (C=O) groups excluding carboxylic acids is 1. The number of carbonyl (C=O) groups is 1. The minimum atomic E-state index is -0.250. The number of likely N-dealkylation sites (tertiary alicyclic amines) is 1. The Morgan fingerprint density at radius 3 is 2.83 bits per heavy atom. The quantitative estimate of drug-likeness (QED) is 0.644. The van der Waals surface area contributed by atoms with Crippen LogP contribution < -0.4 is 15.0 Å². The molecule has 1 aromatic heterocycles. The third kappa shape index (κ3) is 3.39. The van der Waals surface area contributed by atoms with Crippen LogP contribution in [0.25, 0.3) is 10.9 Å². The molecule has 2 aromatic carbocycles. The van der Waals surface area contributed by atoms with Crippen molar-refractivity contribution in [1.29, 1.82) is 0 Å². The summed E-state index contributed by atoms with van der Waals surface area (Å²) >= 11 is 5.97. The molecular weight excluding hydrogens is 406 g/mol. The van der Waals surface area contributed by atoms with Gasteiger partial charge in [-0.25, -0.2) is 4.98 Å². The number of hydrogen-bond donors (Lipinski definition) is 0. The summed E-state index contributed by atoms with van der Waals surface area (Å²) in [6.45, 7) is 1.67. The lowest BCUT2D eigenvalue weighted by Gasteiger charge is -2.27. The average molecular weight is 426 g/mol. The van der Waals surface area contributed by atoms with Crippen molar-refractivity contribution >= 4 is 28.4 Å². The highest BCUT2D eigenvalue weighted by Crippen LogP contribution is 2.38. The highest BCUT2D eigenvalue weighted by Gasteiger charge is 2.31. The van der Waals surface area contributed by atoms with E-state index in [-0.39, 0.29) is 24.1 Å². The molecule has 3 aromatic rings. The number of benzene rings is 2. The molecule has 2 aliphatic rings. The highest BCUT2D eigenvalue weighted by atomic mass is 35.5. The van der Waals surface area contributed by atoms with Gasteiger partial charge in [-0.05, 0) is 48.7 Å². The van der Waals surface area contributed by atoms with Crippen molar-refractivity contribution in [1.82, 2.24) is 14.5 Å². The Bertz CT molecular complexity index is 1190. The smallest absolute Gasteiger partial charge is 0.261 e. The van der Waals surface area contributed by atoms with E-state index in [1.54, 1.807) is 18.2 Å². The summed E-state index contributed by atoms with van der Waals surface area (Å²) in [5, 5.41) is 0.960. The number of fused-ring (bicyclic) bond motifs is 2. The zero-order valence-electron chi connectivity index (χ0n) is 16.2. The van der Waals surface area contributed by atoms with Gasteiger partial charge in [0.2, 0.25) is 5.91 Å². The number of hydrogen-bond acceptors (Lipinski definition) is 5. The Kier molecular flexibility index (Phi) is 4.83. The molecule has 0 N–H and O–H groups in total. The first kappa shape index (κ1) is 18.9. The molecule has 1 saturated heterocycles. The largest absolute Gasteiger partial charge is 0.486 e. The Morgan fingerprint density at radius 2 is 1.97 bits per heavy atom. The van der Waals surface area contributed by atoms with Gasteiger partial charge >= 0.3 is 0 Å². The molecule has 1 amide bonds. The van der Waals surface area contributed by atoms with Crippen LogP contribution in [0.1, 0.15) is 24.4 Å². The molecule has 3 heterocycles. The van der Waals surface area contributed by atoms with Crippen molar-refractivity contribution in [2.24, 2.45) is 0 Å². The molecule has 7 nitrogen and oxygen atoms in total. The molecule has 5 rings (SSSR count). The molecule has 8 heteroatoms. The van der Waals surface area contributed by atoms with Gasteiger partial charge in [-0.1, -0.05) is 17.7 Å². The summed E-state index contributed by atoms with van der Waals surface area (Å²) in [5.41, 5.74) is 1.29. The van der Waals surface area contributed by atoms with E-state index >= 15 is 0 Å². The Hall–Kier alpha value is -3.06. The molecule has 1 atom stereocenters. The van der Waals surface area contributed by atoms with Crippen molar-refractivity contribution in [2.45, 2.75) is 25.4 Å². The standard InChI is InChI=1S/C22H20ClN3O4/c23-15-4-5-16-17(11-15)24-13-25(22(16)28)12-21(27)26-7-1-2-18(26)14-3-6-19-20(10-14)30-9-8-29-19/h3-6,10-11,13,18H,1-2,7-9,12H2. The Morgan fingerprint density at radius 1 is 1.13 bits per heavy atom. The van der Waals surface area contributed by atoms with E-state index in [1.807, 2.05) is 23.1 Å². The number of halogens is 1. The van der Waals surface area contributed by atoms with E-state index in [1.165, 1.54) is 10.9 Å². The van der Waals surface area contributed by atoms with Crippen molar-refractivity contribution in [2.75, 3.05) is 19.8 Å². The molecule has 30 heavy (non-hydrogen) atoms. The van der Waals surface area contributed by atoms with Crippen LogP contribution in [0, 0.1) is 0 Å². The lowest BCUT2D eigenvalue weighted by molar-refractivity contribution is -0.132. The van der Waals surface area contributed by atoms with E-state index in [9.17, 15) is 9.59 Å². The lowest BCUT2D eigenvalue weighted by Crippen LogP contribution is -2.36. The first-order chi connectivity index (χ1) is 14.6. The number of amides is 1. The maximum Gasteiger partial charge on any atom is 0.261 e. The van der Waals surface area contributed by atoms with Crippen LogP contribution in [-0.2, 0) is 11.3 Å². The van der Waals surface area contributed by atoms with E-state index in [4.69, 9.17) is 21.1 Å². The van der Waals surface area contributed by atoms with Crippen LogP contribution in [0.4, 0.5) is 0 Å². The van der Waals surface area contributed by atoms with Crippen LogP contribution in [0.15, 0.2) is 47.5 Å². The topological polar surface area (TPSA) is 73.7 Å². The van der Waals surface area contributed by atoms with Crippen molar-refractivity contribution in [3.63, 3.8) is 0 Å². The summed E-state index contributed by atoms with van der Waals surface area (Å²) in [6.07, 6.45) is 3.19. The molecule has 0 bridgehead atoms. The molecule has 0 saturated carbocycles. The van der Waals surface area contributed by atoms with E-state index in [0.29, 0.717) is 41.4 Å². The number of ether oxygens (including phenoxy) is 2. The third-order valence-corrected chi connectivity index (χ3v) is 5.85. The van der Waals surface area contributed by atoms with Gasteiger partial charge in [-0.3, -0.25) is 14.2 Å². The van der Waals surface area contributed by atoms with Gasteiger partial charge in [0.25, 0.3) is 5.56 Å². The van der Waals surface area contributed by atoms with Gasteiger partial charge in [0.1, 0.15) is 19.8 Å². The van der Waals surface area contributed by atoms with Crippen LogP contribution in [-0.4, -0.2) is 40.1 Å². The molecular formula is C22H20ClN3O4. The second-order valence-corrected chi connectivity index (χ2v) is 7.92. The number of nitrogens with zero attached hydrogens (tertiary/aromatic N) is 3. The summed E-state index contributed by atoms with van der Waals surface area (Å²) in [4.78, 5) is 32.0. The first-order valence-corrected chi connectivity index (χ1v) is 10.3. The summed E-state index contributed by atoms with van der Waals surface area (Å²) in [6, 6.07) is 10.7. The fraction of sp³-hybridized carbons (Fsp3) is 0.318. The van der Waals surface area contributed by atoms with Gasteiger partial charge in [0.15, 0.2) is 11.5 Å². The summed E-state index contributed by atoms with van der Waals surface area (Å²) in [5.74, 6) is 1.34. The molecule has 0 radical (unpaired) electrons. The first-order valence-electron chi connectivity index (χ1n) is 9.94. The van der Waals surface area contributed by atoms with Gasteiger partial charge in [0, 0.05) is 11.6 Å². The Labute approximate surface area is 177 Å². The molecule has 0 spiro atoms. The van der Waals surface area contributed by atoms with E-state index in [0.717, 1.165) is 24.2 Å². The van der Waals surface area contributed by atoms with E-state index < -0.39 is 0 Å². The third-order valence-electron chi connectivity index (χ3n) is 5.62. The van der Waals surface area contributed by atoms with Gasteiger partial charge in [-0.15, -0.1) is 0 Å². The van der Waals surface area contributed by atoms with Crippen molar-refractivity contribution < 1.29 is 14.3 Å². The average Bonchev–Trinajstić information content (AvgIpc) is 3.25. The van der Waals surface area contributed by atoms with Crippen molar-refractivity contribution in [3.8, 4) is 11.5 Å². The number of rotatable bonds is 3. The van der Waals surface area contributed by atoms with Crippen LogP contribution in [0.2, 0.25) is 5.02 Å². The van der Waals surface area contributed by atoms with Gasteiger partial charge < -0.3 is 14.4 Å². The molecule has 154 valence electrons. The maximum absolute atomic E-state index is 13.1. The highest BCUT2D eigenvalue weighted by molar-refractivity contribution is 6.31. The maximum atomic E-state index is 13.1. The minimum Gasteiger partial charge on any atom is -0.486 e. The van der Waals surface area contributed by atoms with Gasteiger partial charge in [0.05, 0.1) is 23.3 Å². The fourth-order valence-electron chi connectivity index (χ4n) is 4.16. The normalized spacial score (nSPS) is 18.0. The SMILES string of the molecule is O=C(Cn1cnc2cc(Cl)ccc2c1=O)N1CCCC1c1ccc2c(c1)OCCO2. The molecule has 1 unspecified atom stereocenters. The minimum absolute atomic E-state index is 0.0451. The van der Waals surface area contributed by atoms with E-state index in [2.05, 4.69) is 4.98 Å². The van der Waals surface area contributed by atoms with Crippen LogP contribution >= 0.6 is 11.6 Å². The Balaban J connectivity index is 1.39. The fourth-order valence-corrected chi connectivity index (χ4v) is 4.33. The van der Waals surface area contributed by atoms with Crippen molar-refractivity contribution in [3.05, 3.63) is 63.7 Å². The predicted octanol–water partition coefficient (Wildman–Crippen LogP) is 3.18. The number of aromatic nitrogens is 2. The predicted molar refractivity (Wildman–Crippen MR) is 112 cm³/mol. The van der Waals surface area contributed by atoms with Crippen LogP contribution in [0.5, 0.6) is 11.5 Å². The molecule has 1 fully saturated rings. The van der Waals surface area contributed by atoms with Gasteiger partial charge in [-0.2, -0.15) is 0 Å². The summed E-state index contributed by atoms with van der Waals surface area (Å²) < 4.78 is 12.6. The zero-order chi connectivity index (χ0) is 20.7. The van der Waals surface area contributed by atoms with Crippen LogP contribution in [0.3, 0.4) is 0 Å². The second-order valence-electron chi connectivity index (χ2n) is 7.49. The molecule has 0 aliphatic carbocycles.